The van der Waals surface area contributed by atoms with E-state index in [0.29, 0.717) is 13.2 Å². The fraction of sp³-hybridized carbons (Fsp3) is 0.357. The number of fused-ring (bicyclic) bond motifs is 1. The molecule has 6 nitrogen and oxygen atoms in total. The molecule has 1 aliphatic heterocycles. The van der Waals surface area contributed by atoms with Gasteiger partial charge in [0.15, 0.2) is 11.5 Å². The summed E-state index contributed by atoms with van der Waals surface area (Å²) < 4.78 is 14.0. The Balaban J connectivity index is 2.02. The summed E-state index contributed by atoms with van der Waals surface area (Å²) in [4.78, 5) is 0. The van der Waals surface area contributed by atoms with Gasteiger partial charge in [0.1, 0.15) is 13.2 Å². The van der Waals surface area contributed by atoms with Crippen LogP contribution in [0.5, 0.6) is 11.5 Å². The van der Waals surface area contributed by atoms with Gasteiger partial charge in [-0.1, -0.05) is 6.07 Å². The minimum absolute atomic E-state index is 0.183. The molecule has 0 bridgehead atoms. The van der Waals surface area contributed by atoms with Gasteiger partial charge in [0.2, 0.25) is 0 Å². The molecule has 0 saturated carbocycles. The van der Waals surface area contributed by atoms with Crippen molar-refractivity contribution in [1.82, 2.24) is 15.2 Å². The minimum Gasteiger partial charge on any atom is -0.486 e. The molecule has 0 spiro atoms. The molecule has 3 N–H and O–H groups in total. The summed E-state index contributed by atoms with van der Waals surface area (Å²) in [5.74, 6) is 7.30. The molecule has 1 atom stereocenters. The van der Waals surface area contributed by atoms with E-state index in [0.717, 1.165) is 33.8 Å². The molecule has 3 rings (SSSR count). The Bertz CT molecular complexity index is 644. The van der Waals surface area contributed by atoms with E-state index in [1.807, 2.05) is 29.8 Å². The summed E-state index contributed by atoms with van der Waals surface area (Å²) in [7, 11) is 0. The Kier molecular flexibility index (Phi) is 4.14. The lowest BCUT2D eigenvalue weighted by atomic mass is 10.0. The first-order valence-electron chi connectivity index (χ1n) is 6.81. The fourth-order valence-electron chi connectivity index (χ4n) is 2.48. The third-order valence-corrected chi connectivity index (χ3v) is 4.08. The summed E-state index contributed by atoms with van der Waals surface area (Å²) in [5.41, 5.74) is 4.84. The van der Waals surface area contributed by atoms with Gasteiger partial charge in [0, 0.05) is 6.54 Å². The molecule has 0 aliphatic carbocycles. The van der Waals surface area contributed by atoms with E-state index >= 15 is 0 Å². The SMILES string of the molecule is CCn1ncc(Br)c1C(NN)c1ccc2c(c1)OCCO2. The number of nitrogens with zero attached hydrogens (tertiary/aromatic N) is 2. The fourth-order valence-corrected chi connectivity index (χ4v) is 3.01. The van der Waals surface area contributed by atoms with Crippen molar-refractivity contribution in [2.45, 2.75) is 19.5 Å². The van der Waals surface area contributed by atoms with Crippen molar-refractivity contribution in [3.05, 3.63) is 40.1 Å². The first-order valence-corrected chi connectivity index (χ1v) is 7.60. The van der Waals surface area contributed by atoms with Crippen LogP contribution >= 0.6 is 15.9 Å². The average Bonchev–Trinajstić information content (AvgIpc) is 2.89. The third-order valence-electron chi connectivity index (χ3n) is 3.47. The topological polar surface area (TPSA) is 74.3 Å². The van der Waals surface area contributed by atoms with E-state index in [4.69, 9.17) is 15.3 Å². The van der Waals surface area contributed by atoms with Gasteiger partial charge in [-0.05, 0) is 40.5 Å². The second-order valence-electron chi connectivity index (χ2n) is 4.70. The summed E-state index contributed by atoms with van der Waals surface area (Å²) in [6, 6.07) is 5.67. The number of hydrogen-bond acceptors (Lipinski definition) is 5. The number of halogens is 1. The predicted octanol–water partition coefficient (Wildman–Crippen LogP) is 1.99. The Morgan fingerprint density at radius 3 is 2.86 bits per heavy atom. The third kappa shape index (κ3) is 2.64. The monoisotopic (exact) mass is 352 g/mol. The van der Waals surface area contributed by atoms with Crippen LogP contribution in [0.2, 0.25) is 0 Å². The molecule has 2 aromatic rings. The molecule has 0 fully saturated rings. The van der Waals surface area contributed by atoms with Crippen molar-refractivity contribution in [2.24, 2.45) is 5.84 Å². The number of nitrogens with one attached hydrogen (secondary N) is 1. The number of nitrogens with two attached hydrogens (primary N) is 1. The molecule has 0 saturated heterocycles. The summed E-state index contributed by atoms with van der Waals surface area (Å²) >= 11 is 3.54. The summed E-state index contributed by atoms with van der Waals surface area (Å²) in [5, 5.41) is 4.33. The van der Waals surface area contributed by atoms with Crippen LogP contribution in [0.3, 0.4) is 0 Å². The van der Waals surface area contributed by atoms with Crippen LogP contribution in [-0.4, -0.2) is 23.0 Å². The lowest BCUT2D eigenvalue weighted by Gasteiger charge is -2.22. The highest BCUT2D eigenvalue weighted by Gasteiger charge is 2.22. The normalized spacial score (nSPS) is 15.0. The maximum absolute atomic E-state index is 5.78. The van der Waals surface area contributed by atoms with E-state index in [1.54, 1.807) is 6.20 Å². The molecule has 1 unspecified atom stereocenters. The van der Waals surface area contributed by atoms with Gasteiger partial charge >= 0.3 is 0 Å². The van der Waals surface area contributed by atoms with Gasteiger partial charge in [0.25, 0.3) is 0 Å². The Morgan fingerprint density at radius 1 is 1.38 bits per heavy atom. The zero-order valence-corrected chi connectivity index (χ0v) is 13.3. The predicted molar refractivity (Wildman–Crippen MR) is 82.2 cm³/mol. The minimum atomic E-state index is -0.183. The second-order valence-corrected chi connectivity index (χ2v) is 5.55. The van der Waals surface area contributed by atoms with Crippen LogP contribution in [0.4, 0.5) is 0 Å². The lowest BCUT2D eigenvalue weighted by Crippen LogP contribution is -2.31. The number of benzene rings is 1. The number of hydrazine groups is 1. The smallest absolute Gasteiger partial charge is 0.161 e. The van der Waals surface area contributed by atoms with Gasteiger partial charge in [-0.25, -0.2) is 5.43 Å². The van der Waals surface area contributed by atoms with Gasteiger partial charge in [-0.3, -0.25) is 10.5 Å². The van der Waals surface area contributed by atoms with Gasteiger partial charge in [0.05, 0.1) is 22.4 Å². The molecule has 0 amide bonds. The maximum Gasteiger partial charge on any atom is 0.161 e. The van der Waals surface area contributed by atoms with Crippen molar-refractivity contribution in [2.75, 3.05) is 13.2 Å². The van der Waals surface area contributed by atoms with Crippen molar-refractivity contribution in [3.63, 3.8) is 0 Å². The lowest BCUT2D eigenvalue weighted by molar-refractivity contribution is 0.171. The zero-order valence-electron chi connectivity index (χ0n) is 11.7. The molecular formula is C14H17BrN4O2. The number of aryl methyl sites for hydroxylation is 1. The van der Waals surface area contributed by atoms with Crippen molar-refractivity contribution in [3.8, 4) is 11.5 Å². The molecule has 1 aromatic carbocycles. The molecule has 112 valence electrons. The second kappa shape index (κ2) is 6.05. The van der Waals surface area contributed by atoms with E-state index < -0.39 is 0 Å². The maximum atomic E-state index is 5.78. The van der Waals surface area contributed by atoms with Crippen LogP contribution in [-0.2, 0) is 6.54 Å². The quantitative estimate of drug-likeness (QED) is 0.650. The first-order chi connectivity index (χ1) is 10.2. The average molecular weight is 353 g/mol. The van der Waals surface area contributed by atoms with Crippen molar-refractivity contribution >= 4 is 15.9 Å². The molecule has 7 heteroatoms. The number of rotatable bonds is 4. The van der Waals surface area contributed by atoms with Gasteiger partial charge in [-0.15, -0.1) is 0 Å². The molecule has 0 radical (unpaired) electrons. The summed E-state index contributed by atoms with van der Waals surface area (Å²) in [6.45, 7) is 3.96. The van der Waals surface area contributed by atoms with E-state index in [1.165, 1.54) is 0 Å². The number of ether oxygens (including phenoxy) is 2. The van der Waals surface area contributed by atoms with E-state index in [9.17, 15) is 0 Å². The van der Waals surface area contributed by atoms with Crippen molar-refractivity contribution < 1.29 is 9.47 Å². The Morgan fingerprint density at radius 2 is 2.14 bits per heavy atom. The number of aromatic nitrogens is 2. The molecule has 1 aromatic heterocycles. The summed E-state index contributed by atoms with van der Waals surface area (Å²) in [6.07, 6.45) is 1.78. The zero-order chi connectivity index (χ0) is 14.8. The number of hydrogen-bond donors (Lipinski definition) is 2. The standard InChI is InChI=1S/C14H17BrN4O2/c1-2-19-14(10(15)8-17-19)13(18-16)9-3-4-11-12(7-9)21-6-5-20-11/h3-4,7-8,13,18H,2,5-6,16H2,1H3. The highest BCUT2D eigenvalue weighted by molar-refractivity contribution is 9.10. The van der Waals surface area contributed by atoms with E-state index in [-0.39, 0.29) is 6.04 Å². The van der Waals surface area contributed by atoms with Gasteiger partial charge in [-0.2, -0.15) is 5.10 Å². The van der Waals surface area contributed by atoms with Crippen LogP contribution in [0.25, 0.3) is 0 Å². The van der Waals surface area contributed by atoms with Crippen LogP contribution < -0.4 is 20.7 Å². The van der Waals surface area contributed by atoms with Crippen LogP contribution in [0.1, 0.15) is 24.2 Å². The molecule has 2 heterocycles. The Labute approximate surface area is 131 Å². The first kappa shape index (κ1) is 14.4. The van der Waals surface area contributed by atoms with E-state index in [2.05, 4.69) is 26.5 Å². The Hall–Kier alpha value is -1.57. The van der Waals surface area contributed by atoms with Crippen LogP contribution in [0, 0.1) is 0 Å². The molecule has 21 heavy (non-hydrogen) atoms. The largest absolute Gasteiger partial charge is 0.486 e. The molecular weight excluding hydrogens is 336 g/mol. The highest BCUT2D eigenvalue weighted by Crippen LogP contribution is 2.35. The highest BCUT2D eigenvalue weighted by atomic mass is 79.9. The van der Waals surface area contributed by atoms with Crippen LogP contribution in [0.15, 0.2) is 28.9 Å². The molecule has 1 aliphatic rings. The van der Waals surface area contributed by atoms with Crippen molar-refractivity contribution in [1.29, 1.82) is 0 Å². The van der Waals surface area contributed by atoms with Gasteiger partial charge < -0.3 is 9.47 Å².